The molecule has 2 N–H and O–H groups in total. The Labute approximate surface area is 467 Å². The number of aliphatic hydroxyl groups excluding tert-OH is 1. The smallest absolute Gasteiger partial charge is 0.462 e. The van der Waals surface area contributed by atoms with Crippen LogP contribution in [0.25, 0.3) is 0 Å². The predicted molar refractivity (Wildman–Crippen MR) is 316 cm³/mol. The zero-order chi connectivity index (χ0) is 55.5. The second-order valence-electron chi connectivity index (χ2n) is 21.6. The van der Waals surface area contributed by atoms with Gasteiger partial charge in [0.2, 0.25) is 0 Å². The maximum atomic E-state index is 12.9. The molecule has 0 aromatic rings. The third-order valence-electron chi connectivity index (χ3n) is 14.0. The highest BCUT2D eigenvalue weighted by Crippen LogP contribution is 2.43. The number of ether oxygens (including phenoxy) is 3. The Hall–Kier alpha value is -2.30. The van der Waals surface area contributed by atoms with Crippen LogP contribution in [0.5, 0.6) is 0 Å². The van der Waals surface area contributed by atoms with Gasteiger partial charge in [-0.2, -0.15) is 0 Å². The number of aliphatic hydroxyl groups is 1. The van der Waals surface area contributed by atoms with Crippen molar-refractivity contribution in [3.8, 4) is 0 Å². The van der Waals surface area contributed by atoms with Crippen LogP contribution >= 0.6 is 7.82 Å². The summed E-state index contributed by atoms with van der Waals surface area (Å²) in [6.45, 7) is 4.66. The van der Waals surface area contributed by atoms with E-state index in [1.54, 1.807) is 0 Å². The second kappa shape index (κ2) is 58.8. The second-order valence-corrected chi connectivity index (χ2v) is 23.0. The summed E-state index contributed by atoms with van der Waals surface area (Å²) in [7, 11) is -4.75. The minimum absolute atomic E-state index is 0.166. The average molecular weight is 1100 g/mol. The monoisotopic (exact) mass is 1090 g/mol. The van der Waals surface area contributed by atoms with E-state index in [0.717, 1.165) is 70.6 Å². The molecule has 0 bridgehead atoms. The van der Waals surface area contributed by atoms with E-state index in [-0.39, 0.29) is 25.9 Å². The molecule has 0 amide bonds. The first-order chi connectivity index (χ1) is 37.2. The Morgan fingerprint density at radius 3 is 1.01 bits per heavy atom. The van der Waals surface area contributed by atoms with Crippen LogP contribution in [0.1, 0.15) is 316 Å². The molecule has 0 radical (unpaired) electrons. The molecular formula is C64H119O11P. The Morgan fingerprint density at radius 1 is 0.368 bits per heavy atom. The average Bonchev–Trinajstić information content (AvgIpc) is 3.41. The Balaban J connectivity index is 4.67. The topological polar surface area (TPSA) is 155 Å². The molecule has 446 valence electrons. The first-order valence-electron chi connectivity index (χ1n) is 31.9. The van der Waals surface area contributed by atoms with Gasteiger partial charge in [-0.25, -0.2) is 4.57 Å². The summed E-state index contributed by atoms with van der Waals surface area (Å²) in [5.41, 5.74) is 0. The molecule has 12 heteroatoms. The van der Waals surface area contributed by atoms with Gasteiger partial charge in [0.15, 0.2) is 6.10 Å². The summed E-state index contributed by atoms with van der Waals surface area (Å²) in [6, 6.07) is 0. The summed E-state index contributed by atoms with van der Waals surface area (Å²) in [4.78, 5) is 48.7. The number of allylic oxidation sites excluding steroid dienone is 6. The fourth-order valence-electron chi connectivity index (χ4n) is 9.15. The van der Waals surface area contributed by atoms with Crippen molar-refractivity contribution >= 4 is 25.7 Å². The standard InChI is InChI=1S/C64H119O11P/c1-4-7-10-13-16-19-22-24-26-28-30-32-34-36-39-41-44-47-50-53-62(66)71-57-61(75-64(68)55-52-49-46-43-40-37-35-33-31-29-27-25-23-20-17-14-11-8-5-2)59-73-76(69,70)72-58-60(56-65)74-63(67)54-51-48-45-42-38-21-18-15-12-9-6-3/h17,20,24-27,60-61,65H,4-16,18-19,21-23,28-59H2,1-3H3,(H,69,70)/b20-17-,26-24-,27-25-. The number of phosphoric ester groups is 1. The quantitative estimate of drug-likeness (QED) is 0.0197. The van der Waals surface area contributed by atoms with E-state index >= 15 is 0 Å². The SMILES string of the molecule is CCCCC/C=C\C/C=C\CCCCCCCCCCCC(=O)OC(COC(=O)CCCCCCCCCCC/C=C\CCCCCCCC)COP(=O)(O)OCC(CO)OC(=O)CCCCCCCCCCCCC. The fraction of sp³-hybridized carbons (Fsp3) is 0.859. The van der Waals surface area contributed by atoms with Crippen LogP contribution in [0.2, 0.25) is 0 Å². The molecule has 0 saturated carbocycles. The third-order valence-corrected chi connectivity index (χ3v) is 15.0. The first kappa shape index (κ1) is 73.7. The molecule has 0 fully saturated rings. The van der Waals surface area contributed by atoms with Crippen molar-refractivity contribution in [1.29, 1.82) is 0 Å². The van der Waals surface area contributed by atoms with E-state index in [1.165, 1.54) is 186 Å². The van der Waals surface area contributed by atoms with E-state index in [9.17, 15) is 28.9 Å². The third kappa shape index (κ3) is 56.4. The van der Waals surface area contributed by atoms with E-state index in [0.29, 0.717) is 19.3 Å². The highest BCUT2D eigenvalue weighted by atomic mass is 31.2. The van der Waals surface area contributed by atoms with Gasteiger partial charge in [0.05, 0.1) is 19.8 Å². The van der Waals surface area contributed by atoms with Gasteiger partial charge < -0.3 is 24.2 Å². The van der Waals surface area contributed by atoms with E-state index in [1.807, 2.05) is 0 Å². The molecular weight excluding hydrogens is 976 g/mol. The number of hydrogen-bond donors (Lipinski definition) is 2. The highest BCUT2D eigenvalue weighted by molar-refractivity contribution is 7.47. The lowest BCUT2D eigenvalue weighted by Gasteiger charge is -2.21. The number of carbonyl (C=O) groups excluding carboxylic acids is 3. The molecule has 11 nitrogen and oxygen atoms in total. The van der Waals surface area contributed by atoms with Crippen molar-refractivity contribution in [3.05, 3.63) is 36.5 Å². The van der Waals surface area contributed by atoms with E-state index in [4.69, 9.17) is 23.3 Å². The fourth-order valence-corrected chi connectivity index (χ4v) is 9.93. The van der Waals surface area contributed by atoms with Crippen molar-refractivity contribution in [3.63, 3.8) is 0 Å². The Morgan fingerprint density at radius 2 is 0.645 bits per heavy atom. The van der Waals surface area contributed by atoms with Crippen LogP contribution in [0.4, 0.5) is 0 Å². The molecule has 3 unspecified atom stereocenters. The van der Waals surface area contributed by atoms with Crippen LogP contribution in [0.15, 0.2) is 36.5 Å². The maximum Gasteiger partial charge on any atom is 0.472 e. The molecule has 0 spiro atoms. The van der Waals surface area contributed by atoms with Gasteiger partial charge in [-0.15, -0.1) is 0 Å². The van der Waals surface area contributed by atoms with Gasteiger partial charge in [-0.1, -0.05) is 256 Å². The molecule has 0 rings (SSSR count). The minimum Gasteiger partial charge on any atom is -0.462 e. The van der Waals surface area contributed by atoms with E-state index in [2.05, 4.69) is 57.2 Å². The van der Waals surface area contributed by atoms with Crippen molar-refractivity contribution < 1.29 is 52.2 Å². The zero-order valence-electron chi connectivity index (χ0n) is 49.5. The number of phosphoric acid groups is 1. The van der Waals surface area contributed by atoms with Crippen molar-refractivity contribution in [2.24, 2.45) is 0 Å². The molecule has 76 heavy (non-hydrogen) atoms. The predicted octanol–water partition coefficient (Wildman–Crippen LogP) is 19.2. The van der Waals surface area contributed by atoms with Crippen LogP contribution in [-0.4, -0.2) is 66.5 Å². The van der Waals surface area contributed by atoms with Gasteiger partial charge in [-0.05, 0) is 77.0 Å². The summed E-state index contributed by atoms with van der Waals surface area (Å²) < 4.78 is 39.6. The summed E-state index contributed by atoms with van der Waals surface area (Å²) in [6.07, 6.45) is 62.4. The molecule has 0 aromatic heterocycles. The number of hydrogen-bond acceptors (Lipinski definition) is 10. The number of unbranched alkanes of at least 4 members (excludes halogenated alkanes) is 37. The van der Waals surface area contributed by atoms with Gasteiger partial charge in [-0.3, -0.25) is 23.4 Å². The molecule has 0 heterocycles. The number of carbonyl (C=O) groups is 3. The number of esters is 3. The molecule has 3 atom stereocenters. The summed E-state index contributed by atoms with van der Waals surface area (Å²) >= 11 is 0. The molecule has 0 aromatic carbocycles. The van der Waals surface area contributed by atoms with Gasteiger partial charge in [0, 0.05) is 19.3 Å². The van der Waals surface area contributed by atoms with Crippen molar-refractivity contribution in [1.82, 2.24) is 0 Å². The molecule has 0 aliphatic heterocycles. The lowest BCUT2D eigenvalue weighted by atomic mass is 10.1. The lowest BCUT2D eigenvalue weighted by Crippen LogP contribution is -2.30. The zero-order valence-corrected chi connectivity index (χ0v) is 50.4. The van der Waals surface area contributed by atoms with E-state index < -0.39 is 57.8 Å². The van der Waals surface area contributed by atoms with Gasteiger partial charge in [0.25, 0.3) is 0 Å². The minimum atomic E-state index is -4.75. The van der Waals surface area contributed by atoms with Crippen LogP contribution in [-0.2, 0) is 42.2 Å². The number of rotatable bonds is 60. The van der Waals surface area contributed by atoms with Crippen molar-refractivity contribution in [2.75, 3.05) is 26.4 Å². The maximum absolute atomic E-state index is 12.9. The van der Waals surface area contributed by atoms with Gasteiger partial charge >= 0.3 is 25.7 Å². The highest BCUT2D eigenvalue weighted by Gasteiger charge is 2.28. The van der Waals surface area contributed by atoms with Crippen LogP contribution in [0, 0.1) is 0 Å². The molecule has 0 saturated heterocycles. The van der Waals surface area contributed by atoms with Crippen LogP contribution in [0.3, 0.4) is 0 Å². The van der Waals surface area contributed by atoms with Gasteiger partial charge in [0.1, 0.15) is 12.7 Å². The Bertz CT molecular complexity index is 1420. The van der Waals surface area contributed by atoms with Crippen molar-refractivity contribution in [2.45, 2.75) is 328 Å². The molecule has 0 aliphatic carbocycles. The normalized spacial score (nSPS) is 13.5. The van der Waals surface area contributed by atoms with Crippen LogP contribution < -0.4 is 0 Å². The molecule has 0 aliphatic rings. The summed E-state index contributed by atoms with van der Waals surface area (Å²) in [5, 5.41) is 9.82. The Kier molecular flexibility index (Phi) is 57.1. The lowest BCUT2D eigenvalue weighted by molar-refractivity contribution is -0.161. The largest absolute Gasteiger partial charge is 0.472 e. The summed E-state index contributed by atoms with van der Waals surface area (Å²) in [5.74, 6) is -1.45. The first-order valence-corrected chi connectivity index (χ1v) is 33.4.